The van der Waals surface area contributed by atoms with Crippen molar-refractivity contribution in [3.8, 4) is 16.9 Å². The number of nitrogens with one attached hydrogen (secondary N) is 1. The first-order valence-corrected chi connectivity index (χ1v) is 9.20. The number of nitrogens with zero attached hydrogens (tertiary/aromatic N) is 5. The van der Waals surface area contributed by atoms with E-state index in [1.54, 1.807) is 23.7 Å². The maximum Gasteiger partial charge on any atom is 0.278 e. The van der Waals surface area contributed by atoms with Gasteiger partial charge in [-0.25, -0.2) is 4.68 Å². The molecule has 0 spiro atoms. The third-order valence-corrected chi connectivity index (χ3v) is 4.70. The van der Waals surface area contributed by atoms with Gasteiger partial charge in [0, 0.05) is 21.7 Å². The van der Waals surface area contributed by atoms with Crippen LogP contribution >= 0.6 is 23.1 Å². The number of hydrogen-bond acceptors (Lipinski definition) is 6. The van der Waals surface area contributed by atoms with Crippen LogP contribution in [0.15, 0.2) is 53.9 Å². The Hall–Kier alpha value is -3.10. The third-order valence-electron chi connectivity index (χ3n) is 3.96. The lowest BCUT2D eigenvalue weighted by Crippen LogP contribution is -2.14. The predicted octanol–water partition coefficient (Wildman–Crippen LogP) is 4.00. The molecule has 2 aromatic heterocycles. The van der Waals surface area contributed by atoms with Crippen LogP contribution in [0.3, 0.4) is 0 Å². The number of aromatic nitrogens is 5. The monoisotopic (exact) mass is 396 g/mol. The molecule has 0 saturated heterocycles. The van der Waals surface area contributed by atoms with Crippen LogP contribution in [0.25, 0.3) is 16.9 Å². The van der Waals surface area contributed by atoms with Crippen LogP contribution in [0.5, 0.6) is 0 Å². The molecule has 0 aliphatic carbocycles. The van der Waals surface area contributed by atoms with Gasteiger partial charge in [0.1, 0.15) is 5.69 Å². The van der Waals surface area contributed by atoms with Crippen LogP contribution in [0.2, 0.25) is 5.02 Å². The molecule has 0 bridgehead atoms. The van der Waals surface area contributed by atoms with Crippen molar-refractivity contribution in [3.05, 3.63) is 70.3 Å². The third kappa shape index (κ3) is 3.57. The topological polar surface area (TPSA) is 85.6 Å². The molecule has 0 radical (unpaired) electrons. The first kappa shape index (κ1) is 17.3. The number of hydrogen-bond donors (Lipinski definition) is 1. The first-order valence-electron chi connectivity index (χ1n) is 7.99. The fourth-order valence-corrected chi connectivity index (χ4v) is 3.25. The van der Waals surface area contributed by atoms with Crippen molar-refractivity contribution in [3.63, 3.8) is 0 Å². The van der Waals surface area contributed by atoms with Crippen molar-refractivity contribution < 1.29 is 4.79 Å². The number of anilines is 1. The van der Waals surface area contributed by atoms with Gasteiger partial charge in [-0.05, 0) is 48.8 Å². The fraction of sp³-hybridized carbons (Fsp3) is 0.0556. The first-order chi connectivity index (χ1) is 13.1. The molecule has 0 aliphatic rings. The second-order valence-corrected chi connectivity index (χ2v) is 6.78. The maximum atomic E-state index is 12.6. The van der Waals surface area contributed by atoms with E-state index in [4.69, 9.17) is 11.6 Å². The van der Waals surface area contributed by atoms with E-state index in [9.17, 15) is 4.79 Å². The molecule has 4 aromatic rings. The Morgan fingerprint density at radius 3 is 2.67 bits per heavy atom. The van der Waals surface area contributed by atoms with Crippen molar-refractivity contribution in [2.75, 3.05) is 5.32 Å². The van der Waals surface area contributed by atoms with Crippen LogP contribution in [-0.2, 0) is 0 Å². The number of benzene rings is 2. The van der Waals surface area contributed by atoms with Crippen molar-refractivity contribution in [2.45, 2.75) is 6.92 Å². The van der Waals surface area contributed by atoms with Crippen LogP contribution in [-0.4, -0.2) is 30.5 Å². The summed E-state index contributed by atoms with van der Waals surface area (Å²) in [4.78, 5) is 12.6. The highest BCUT2D eigenvalue weighted by Gasteiger charge is 2.17. The van der Waals surface area contributed by atoms with Gasteiger partial charge in [0.25, 0.3) is 5.91 Å². The Labute approximate surface area is 163 Å². The molecule has 0 aliphatic heterocycles. The summed E-state index contributed by atoms with van der Waals surface area (Å²) >= 11 is 7.32. The van der Waals surface area contributed by atoms with Crippen LogP contribution in [0.4, 0.5) is 5.69 Å². The summed E-state index contributed by atoms with van der Waals surface area (Å²) in [6.07, 6.45) is 0. The van der Waals surface area contributed by atoms with E-state index in [-0.39, 0.29) is 11.6 Å². The van der Waals surface area contributed by atoms with Crippen LogP contribution < -0.4 is 5.32 Å². The molecule has 0 unspecified atom stereocenters. The quantitative estimate of drug-likeness (QED) is 0.563. The summed E-state index contributed by atoms with van der Waals surface area (Å²) in [5, 5.41) is 17.4. The Morgan fingerprint density at radius 2 is 1.96 bits per heavy atom. The number of halogens is 1. The molecule has 134 valence electrons. The van der Waals surface area contributed by atoms with Crippen LogP contribution in [0, 0.1) is 6.92 Å². The van der Waals surface area contributed by atoms with Gasteiger partial charge in [0.05, 0.1) is 11.4 Å². The average molecular weight is 397 g/mol. The number of carbonyl (C=O) groups excluding carboxylic acids is 1. The molecule has 0 atom stereocenters. The second kappa shape index (κ2) is 7.26. The van der Waals surface area contributed by atoms with Gasteiger partial charge >= 0.3 is 0 Å². The summed E-state index contributed by atoms with van der Waals surface area (Å²) in [5.74, 6) is -0.330. The summed E-state index contributed by atoms with van der Waals surface area (Å²) < 4.78 is 5.43. The van der Waals surface area contributed by atoms with E-state index in [0.717, 1.165) is 16.9 Å². The molecule has 2 aromatic carbocycles. The molecule has 4 rings (SSSR count). The van der Waals surface area contributed by atoms with E-state index < -0.39 is 0 Å². The minimum Gasteiger partial charge on any atom is -0.321 e. The SMILES string of the molecule is Cc1c(C(=O)Nc2ccc(-c3csnn3)cc2)nnn1-c1cccc(Cl)c1. The summed E-state index contributed by atoms with van der Waals surface area (Å²) in [6.45, 7) is 1.79. The lowest BCUT2D eigenvalue weighted by molar-refractivity contribution is 0.102. The average Bonchev–Trinajstić information content (AvgIpc) is 3.32. The number of amides is 1. The highest BCUT2D eigenvalue weighted by molar-refractivity contribution is 7.03. The second-order valence-electron chi connectivity index (χ2n) is 5.74. The Bertz CT molecular complexity index is 1090. The molecule has 0 fully saturated rings. The zero-order chi connectivity index (χ0) is 18.8. The zero-order valence-corrected chi connectivity index (χ0v) is 15.7. The van der Waals surface area contributed by atoms with Gasteiger partial charge in [-0.2, -0.15) is 0 Å². The summed E-state index contributed by atoms with van der Waals surface area (Å²) in [7, 11) is 0. The molecular weight excluding hydrogens is 384 g/mol. The lowest BCUT2D eigenvalue weighted by atomic mass is 10.1. The Kier molecular flexibility index (Phi) is 4.66. The normalized spacial score (nSPS) is 10.7. The van der Waals surface area contributed by atoms with E-state index in [1.165, 1.54) is 11.5 Å². The molecular formula is C18H13ClN6OS. The van der Waals surface area contributed by atoms with Gasteiger partial charge in [-0.3, -0.25) is 4.79 Å². The molecule has 7 nitrogen and oxygen atoms in total. The van der Waals surface area contributed by atoms with E-state index in [0.29, 0.717) is 16.4 Å². The molecule has 1 amide bonds. The molecule has 9 heteroatoms. The Balaban J connectivity index is 1.54. The molecule has 2 heterocycles. The minimum absolute atomic E-state index is 0.253. The molecule has 1 N–H and O–H groups in total. The van der Waals surface area contributed by atoms with Gasteiger partial charge in [-0.15, -0.1) is 10.2 Å². The molecule has 0 saturated carbocycles. The summed E-state index contributed by atoms with van der Waals surface area (Å²) in [5.41, 5.74) is 4.02. The Morgan fingerprint density at radius 1 is 1.15 bits per heavy atom. The van der Waals surface area contributed by atoms with E-state index in [1.807, 2.05) is 41.8 Å². The largest absolute Gasteiger partial charge is 0.321 e. The highest BCUT2D eigenvalue weighted by atomic mass is 35.5. The van der Waals surface area contributed by atoms with Crippen LogP contribution in [0.1, 0.15) is 16.2 Å². The zero-order valence-electron chi connectivity index (χ0n) is 14.1. The number of rotatable bonds is 4. The van der Waals surface area contributed by atoms with Crippen molar-refractivity contribution in [1.29, 1.82) is 0 Å². The summed E-state index contributed by atoms with van der Waals surface area (Å²) in [6, 6.07) is 14.6. The molecule has 27 heavy (non-hydrogen) atoms. The maximum absolute atomic E-state index is 12.6. The number of carbonyl (C=O) groups is 1. The van der Waals surface area contributed by atoms with E-state index in [2.05, 4.69) is 25.2 Å². The highest BCUT2D eigenvalue weighted by Crippen LogP contribution is 2.21. The van der Waals surface area contributed by atoms with Crippen molar-refractivity contribution in [2.24, 2.45) is 0 Å². The van der Waals surface area contributed by atoms with Crippen molar-refractivity contribution in [1.82, 2.24) is 24.6 Å². The fourth-order valence-electron chi connectivity index (χ4n) is 2.60. The predicted molar refractivity (Wildman–Crippen MR) is 104 cm³/mol. The van der Waals surface area contributed by atoms with Gasteiger partial charge in [0.2, 0.25) is 0 Å². The lowest BCUT2D eigenvalue weighted by Gasteiger charge is -2.06. The smallest absolute Gasteiger partial charge is 0.278 e. The van der Waals surface area contributed by atoms with Gasteiger partial charge in [-0.1, -0.05) is 39.5 Å². The standard InChI is InChI=1S/C18H13ClN6OS/c1-11-17(22-23-25(11)15-4-2-3-13(19)9-15)18(26)20-14-7-5-12(6-8-14)16-10-27-24-21-16/h2-10H,1H3,(H,20,26). The van der Waals surface area contributed by atoms with E-state index >= 15 is 0 Å². The van der Waals surface area contributed by atoms with Gasteiger partial charge < -0.3 is 5.32 Å². The minimum atomic E-state index is -0.330. The van der Waals surface area contributed by atoms with Gasteiger partial charge in [0.15, 0.2) is 5.69 Å². The van der Waals surface area contributed by atoms with Crippen molar-refractivity contribution >= 4 is 34.7 Å².